The van der Waals surface area contributed by atoms with E-state index in [9.17, 15) is 4.79 Å². The summed E-state index contributed by atoms with van der Waals surface area (Å²) >= 11 is 0. The lowest BCUT2D eigenvalue weighted by Crippen LogP contribution is -2.50. The first kappa shape index (κ1) is 15.1. The molecule has 0 aromatic heterocycles. The molecule has 0 spiro atoms. The van der Waals surface area contributed by atoms with Crippen LogP contribution < -0.4 is 5.32 Å². The first-order chi connectivity index (χ1) is 10.2. The number of carbonyl (C=O) groups is 1. The predicted molar refractivity (Wildman–Crippen MR) is 82.3 cm³/mol. The van der Waals surface area contributed by atoms with Crippen molar-refractivity contribution in [3.63, 3.8) is 0 Å². The summed E-state index contributed by atoms with van der Waals surface area (Å²) in [6.45, 7) is 4.56. The third-order valence-electron chi connectivity index (χ3n) is 5.13. The topological polar surface area (TPSA) is 44.8 Å². The summed E-state index contributed by atoms with van der Waals surface area (Å²) in [6, 6.07) is 0.970. The molecule has 1 N–H and O–H groups in total. The van der Waals surface area contributed by atoms with E-state index in [0.29, 0.717) is 25.2 Å². The lowest BCUT2D eigenvalue weighted by Gasteiger charge is -2.33. The van der Waals surface area contributed by atoms with Gasteiger partial charge in [0.2, 0.25) is 0 Å². The second-order valence-corrected chi connectivity index (χ2v) is 6.88. The number of nitrogens with one attached hydrogen (secondary N) is 1. The van der Waals surface area contributed by atoms with E-state index in [-0.39, 0.29) is 6.03 Å². The van der Waals surface area contributed by atoms with Crippen LogP contribution in [0.15, 0.2) is 0 Å². The molecule has 0 bridgehead atoms. The van der Waals surface area contributed by atoms with E-state index in [4.69, 9.17) is 4.74 Å². The maximum absolute atomic E-state index is 12.3. The number of likely N-dealkylation sites (N-methyl/N-ethyl adjacent to an activating group) is 1. The molecule has 2 aliphatic heterocycles. The number of hydrogen-bond donors (Lipinski definition) is 1. The van der Waals surface area contributed by atoms with Crippen molar-refractivity contribution in [2.45, 2.75) is 50.6 Å². The summed E-state index contributed by atoms with van der Waals surface area (Å²) in [5.74, 6) is 0.792. The summed E-state index contributed by atoms with van der Waals surface area (Å²) < 4.78 is 5.60. The molecule has 0 unspecified atom stereocenters. The Morgan fingerprint density at radius 3 is 2.90 bits per heavy atom. The Hall–Kier alpha value is -0.810. The fraction of sp³-hybridized carbons (Fsp3) is 0.938. The molecule has 2 amide bonds. The van der Waals surface area contributed by atoms with E-state index < -0.39 is 0 Å². The molecule has 1 aliphatic carbocycles. The number of piperidine rings is 1. The van der Waals surface area contributed by atoms with E-state index in [1.165, 1.54) is 38.6 Å². The van der Waals surface area contributed by atoms with Gasteiger partial charge in [-0.3, -0.25) is 4.90 Å². The van der Waals surface area contributed by atoms with Crippen LogP contribution in [0.3, 0.4) is 0 Å². The normalized spacial score (nSPS) is 29.2. The Balaban J connectivity index is 1.36. The van der Waals surface area contributed by atoms with Gasteiger partial charge in [0.05, 0.1) is 6.61 Å². The molecule has 0 aromatic carbocycles. The standard InChI is InChI=1S/C16H29N3O2/c1-18(10-11-21-12-13-5-6-13)16(20)17-14-7-9-19-8-3-2-4-15(14)19/h13-15H,2-12H2,1H3,(H,17,20)/t14-,15-/m1/s1. The Kier molecular flexibility index (Phi) is 5.01. The third-order valence-corrected chi connectivity index (χ3v) is 5.13. The van der Waals surface area contributed by atoms with Crippen LogP contribution in [-0.2, 0) is 4.74 Å². The zero-order valence-electron chi connectivity index (χ0n) is 13.2. The van der Waals surface area contributed by atoms with E-state index >= 15 is 0 Å². The molecule has 3 fully saturated rings. The highest BCUT2D eigenvalue weighted by molar-refractivity contribution is 5.74. The fourth-order valence-electron chi connectivity index (χ4n) is 3.52. The van der Waals surface area contributed by atoms with Crippen molar-refractivity contribution in [2.75, 3.05) is 39.9 Å². The van der Waals surface area contributed by atoms with Crippen LogP contribution in [0.4, 0.5) is 4.79 Å². The number of ether oxygens (including phenoxy) is 1. The first-order valence-electron chi connectivity index (χ1n) is 8.57. The van der Waals surface area contributed by atoms with Crippen molar-refractivity contribution in [1.29, 1.82) is 0 Å². The summed E-state index contributed by atoms with van der Waals surface area (Å²) in [5.41, 5.74) is 0. The number of rotatable bonds is 6. The van der Waals surface area contributed by atoms with Crippen LogP contribution in [0, 0.1) is 5.92 Å². The van der Waals surface area contributed by atoms with E-state index in [1.807, 2.05) is 7.05 Å². The smallest absolute Gasteiger partial charge is 0.317 e. The predicted octanol–water partition coefficient (Wildman–Crippen LogP) is 1.68. The molecule has 2 saturated heterocycles. The lowest BCUT2D eigenvalue weighted by atomic mass is 9.99. The van der Waals surface area contributed by atoms with Crippen molar-refractivity contribution in [3.8, 4) is 0 Å². The lowest BCUT2D eigenvalue weighted by molar-refractivity contribution is 0.106. The van der Waals surface area contributed by atoms with Crippen LogP contribution >= 0.6 is 0 Å². The van der Waals surface area contributed by atoms with Gasteiger partial charge in [0.25, 0.3) is 0 Å². The summed E-state index contributed by atoms with van der Waals surface area (Å²) in [4.78, 5) is 16.6. The summed E-state index contributed by atoms with van der Waals surface area (Å²) in [5, 5.41) is 3.23. The SMILES string of the molecule is CN(CCOCC1CC1)C(=O)N[C@@H]1CCN2CCCC[C@H]12. The second-order valence-electron chi connectivity index (χ2n) is 6.88. The van der Waals surface area contributed by atoms with Crippen molar-refractivity contribution < 1.29 is 9.53 Å². The Morgan fingerprint density at radius 2 is 2.10 bits per heavy atom. The molecular weight excluding hydrogens is 266 g/mol. The van der Waals surface area contributed by atoms with Crippen molar-refractivity contribution in [3.05, 3.63) is 0 Å². The molecule has 3 rings (SSSR count). The maximum atomic E-state index is 12.3. The average Bonchev–Trinajstić information content (AvgIpc) is 3.24. The molecule has 5 nitrogen and oxygen atoms in total. The molecule has 120 valence electrons. The number of nitrogens with zero attached hydrogens (tertiary/aromatic N) is 2. The highest BCUT2D eigenvalue weighted by Crippen LogP contribution is 2.29. The molecule has 2 atom stereocenters. The summed E-state index contributed by atoms with van der Waals surface area (Å²) in [7, 11) is 1.86. The largest absolute Gasteiger partial charge is 0.379 e. The van der Waals surface area contributed by atoms with Crippen molar-refractivity contribution >= 4 is 6.03 Å². The molecule has 2 heterocycles. The zero-order chi connectivity index (χ0) is 14.7. The van der Waals surface area contributed by atoms with Gasteiger partial charge in [-0.15, -0.1) is 0 Å². The van der Waals surface area contributed by atoms with Gasteiger partial charge in [-0.2, -0.15) is 0 Å². The van der Waals surface area contributed by atoms with Crippen molar-refractivity contribution in [1.82, 2.24) is 15.1 Å². The quantitative estimate of drug-likeness (QED) is 0.758. The summed E-state index contributed by atoms with van der Waals surface area (Å²) in [6.07, 6.45) is 7.58. The number of urea groups is 1. The maximum Gasteiger partial charge on any atom is 0.317 e. The van der Waals surface area contributed by atoms with E-state index in [1.54, 1.807) is 4.90 Å². The molecule has 1 saturated carbocycles. The van der Waals surface area contributed by atoms with E-state index in [0.717, 1.165) is 25.5 Å². The number of carbonyl (C=O) groups excluding carboxylic acids is 1. The first-order valence-corrected chi connectivity index (χ1v) is 8.57. The van der Waals surface area contributed by atoms with Gasteiger partial charge < -0.3 is 15.0 Å². The van der Waals surface area contributed by atoms with Crippen LogP contribution in [-0.4, -0.2) is 67.8 Å². The molecule has 5 heteroatoms. The highest BCUT2D eigenvalue weighted by Gasteiger charge is 2.36. The van der Waals surface area contributed by atoms with Gasteiger partial charge in [-0.1, -0.05) is 6.42 Å². The average molecular weight is 295 g/mol. The molecule has 21 heavy (non-hydrogen) atoms. The second kappa shape index (κ2) is 6.97. The van der Waals surface area contributed by atoms with Gasteiger partial charge in [0, 0.05) is 38.8 Å². The Labute approximate surface area is 128 Å². The Bertz CT molecular complexity index is 359. The van der Waals surface area contributed by atoms with Gasteiger partial charge in [-0.25, -0.2) is 4.79 Å². The van der Waals surface area contributed by atoms with E-state index in [2.05, 4.69) is 10.2 Å². The van der Waals surface area contributed by atoms with Gasteiger partial charge in [-0.05, 0) is 44.6 Å². The molecule has 0 radical (unpaired) electrons. The van der Waals surface area contributed by atoms with Crippen LogP contribution in [0.25, 0.3) is 0 Å². The van der Waals surface area contributed by atoms with Gasteiger partial charge in [0.15, 0.2) is 0 Å². The zero-order valence-corrected chi connectivity index (χ0v) is 13.2. The van der Waals surface area contributed by atoms with Crippen molar-refractivity contribution in [2.24, 2.45) is 5.92 Å². The number of hydrogen-bond acceptors (Lipinski definition) is 3. The van der Waals surface area contributed by atoms with Crippen LogP contribution in [0.5, 0.6) is 0 Å². The third kappa shape index (κ3) is 4.10. The monoisotopic (exact) mass is 295 g/mol. The molecule has 3 aliphatic rings. The Morgan fingerprint density at radius 1 is 1.24 bits per heavy atom. The van der Waals surface area contributed by atoms with Crippen LogP contribution in [0.1, 0.15) is 38.5 Å². The number of fused-ring (bicyclic) bond motifs is 1. The number of amides is 2. The fourth-order valence-corrected chi connectivity index (χ4v) is 3.52. The van der Waals surface area contributed by atoms with Gasteiger partial charge >= 0.3 is 6.03 Å². The minimum atomic E-state index is 0.0578. The molecular formula is C16H29N3O2. The molecule has 0 aromatic rings. The van der Waals surface area contributed by atoms with Crippen LogP contribution in [0.2, 0.25) is 0 Å². The van der Waals surface area contributed by atoms with Gasteiger partial charge in [0.1, 0.15) is 0 Å². The minimum Gasteiger partial charge on any atom is -0.379 e. The minimum absolute atomic E-state index is 0.0578. The highest BCUT2D eigenvalue weighted by atomic mass is 16.5.